The quantitative estimate of drug-likeness (QED) is 0.501. The zero-order valence-corrected chi connectivity index (χ0v) is 24.3. The molecule has 0 radical (unpaired) electrons. The fourth-order valence-corrected chi connectivity index (χ4v) is 9.24. The number of nitrogens with zero attached hydrogens (tertiary/aromatic N) is 1. The minimum Gasteiger partial charge on any atom is -0.384 e. The van der Waals surface area contributed by atoms with Gasteiger partial charge in [0.05, 0.1) is 18.6 Å². The number of allylic oxidation sites excluding steroid dienone is 4. The van der Waals surface area contributed by atoms with Gasteiger partial charge in [0, 0.05) is 37.5 Å². The van der Waals surface area contributed by atoms with Gasteiger partial charge in [0.25, 0.3) is 0 Å². The summed E-state index contributed by atoms with van der Waals surface area (Å²) in [5.41, 5.74) is 5.74. The first-order chi connectivity index (χ1) is 19.3. The SMILES string of the molecule is CCC(=O)[C@@]1(C#CCO)CC[C@H]2[C@@H]3CC(C)C4=CC(=O)CCC4=C3[C@@H](c3ccc(N4CCOCC4)cc3)C[C@@]21C. The molecule has 40 heavy (non-hydrogen) atoms. The molecular weight excluding hydrogens is 498 g/mol. The number of aliphatic hydroxyl groups is 1. The molecule has 4 aliphatic carbocycles. The van der Waals surface area contributed by atoms with Gasteiger partial charge in [-0.3, -0.25) is 9.59 Å². The number of hydrogen-bond acceptors (Lipinski definition) is 5. The molecule has 1 aromatic rings. The summed E-state index contributed by atoms with van der Waals surface area (Å²) in [6.07, 6.45) is 7.46. The summed E-state index contributed by atoms with van der Waals surface area (Å²) >= 11 is 0. The summed E-state index contributed by atoms with van der Waals surface area (Å²) in [6.45, 7) is 9.69. The molecule has 1 aromatic carbocycles. The van der Waals surface area contributed by atoms with Gasteiger partial charge in [0.1, 0.15) is 6.61 Å². The second kappa shape index (κ2) is 10.6. The molecule has 212 valence electrons. The number of ketones is 2. The van der Waals surface area contributed by atoms with E-state index in [0.29, 0.717) is 30.6 Å². The first-order valence-electron chi connectivity index (χ1n) is 15.4. The number of ether oxygens (including phenoxy) is 1. The average Bonchev–Trinajstić information content (AvgIpc) is 3.28. The third-order valence-corrected chi connectivity index (χ3v) is 11.1. The van der Waals surface area contributed by atoms with Crippen LogP contribution in [0.2, 0.25) is 0 Å². The summed E-state index contributed by atoms with van der Waals surface area (Å²) in [6, 6.07) is 9.12. The fraction of sp³-hybridized carbons (Fsp3) is 0.600. The summed E-state index contributed by atoms with van der Waals surface area (Å²) in [5.74, 6) is 8.07. The Morgan fingerprint density at radius 3 is 2.62 bits per heavy atom. The molecule has 6 atom stereocenters. The third-order valence-electron chi connectivity index (χ3n) is 11.1. The van der Waals surface area contributed by atoms with Crippen LogP contribution < -0.4 is 4.90 Å². The van der Waals surface area contributed by atoms with E-state index in [2.05, 4.69) is 54.9 Å². The second-order valence-corrected chi connectivity index (χ2v) is 12.9. The van der Waals surface area contributed by atoms with Crippen molar-refractivity contribution in [3.05, 3.63) is 52.6 Å². The first-order valence-corrected chi connectivity index (χ1v) is 15.4. The van der Waals surface area contributed by atoms with Crippen molar-refractivity contribution in [1.29, 1.82) is 0 Å². The van der Waals surface area contributed by atoms with E-state index in [-0.39, 0.29) is 29.5 Å². The first kappa shape index (κ1) is 27.5. The molecular formula is C35H43NO4. The van der Waals surface area contributed by atoms with Crippen molar-refractivity contribution in [2.75, 3.05) is 37.8 Å². The molecule has 6 rings (SSSR count). The molecule has 5 nitrogen and oxygen atoms in total. The standard InChI is InChI=1S/C35H43NO4/c1-4-32(39)35(13-5-17-37)14-12-31-29-20-23(2)28-21-26(38)10-11-27(28)33(29)30(22-34(31,35)3)24-6-8-25(9-7-24)36-15-18-40-19-16-36/h6-9,21,23,29-31,37H,4,10-12,14-20,22H2,1-3H3/t23?,29-,30+,31-,34-,35+/m0/s1. The Hall–Kier alpha value is -2.68. The van der Waals surface area contributed by atoms with Crippen LogP contribution in [0.1, 0.15) is 77.2 Å². The zero-order chi connectivity index (χ0) is 28.1. The predicted octanol–water partition coefficient (Wildman–Crippen LogP) is 5.63. The topological polar surface area (TPSA) is 66.8 Å². The molecule has 1 unspecified atom stereocenters. The van der Waals surface area contributed by atoms with E-state index in [1.807, 2.05) is 13.0 Å². The summed E-state index contributed by atoms with van der Waals surface area (Å²) in [5, 5.41) is 9.67. The number of rotatable bonds is 4. The minimum atomic E-state index is -0.723. The lowest BCUT2D eigenvalue weighted by molar-refractivity contribution is -0.132. The van der Waals surface area contributed by atoms with Crippen molar-refractivity contribution in [3.63, 3.8) is 0 Å². The van der Waals surface area contributed by atoms with E-state index < -0.39 is 5.41 Å². The van der Waals surface area contributed by atoms with E-state index in [9.17, 15) is 14.7 Å². The molecule has 1 aliphatic heterocycles. The Morgan fingerprint density at radius 1 is 1.18 bits per heavy atom. The smallest absolute Gasteiger partial charge is 0.156 e. The van der Waals surface area contributed by atoms with Gasteiger partial charge in [-0.15, -0.1) is 0 Å². The van der Waals surface area contributed by atoms with Crippen LogP contribution in [0.25, 0.3) is 0 Å². The normalized spacial score (nSPS) is 35.2. The number of benzene rings is 1. The van der Waals surface area contributed by atoms with Crippen molar-refractivity contribution >= 4 is 17.3 Å². The van der Waals surface area contributed by atoms with E-state index in [0.717, 1.165) is 58.4 Å². The van der Waals surface area contributed by atoms with Crippen LogP contribution in [0.15, 0.2) is 47.1 Å². The van der Waals surface area contributed by atoms with Crippen molar-refractivity contribution in [3.8, 4) is 11.8 Å². The number of morpholine rings is 1. The molecule has 0 spiro atoms. The lowest BCUT2D eigenvalue weighted by Gasteiger charge is -2.55. The lowest BCUT2D eigenvalue weighted by atomic mass is 9.47. The van der Waals surface area contributed by atoms with Gasteiger partial charge in [-0.2, -0.15) is 0 Å². The highest BCUT2D eigenvalue weighted by Gasteiger charge is 2.65. The maximum Gasteiger partial charge on any atom is 0.156 e. The number of aliphatic hydroxyl groups excluding tert-OH is 1. The predicted molar refractivity (Wildman–Crippen MR) is 157 cm³/mol. The molecule has 1 heterocycles. The molecule has 0 aromatic heterocycles. The monoisotopic (exact) mass is 541 g/mol. The van der Waals surface area contributed by atoms with Crippen molar-refractivity contribution in [1.82, 2.24) is 0 Å². The summed E-state index contributed by atoms with van der Waals surface area (Å²) in [4.78, 5) is 28.7. The average molecular weight is 542 g/mol. The van der Waals surface area contributed by atoms with Crippen LogP contribution in [0.4, 0.5) is 5.69 Å². The summed E-state index contributed by atoms with van der Waals surface area (Å²) < 4.78 is 5.56. The van der Waals surface area contributed by atoms with Gasteiger partial charge >= 0.3 is 0 Å². The number of fused-ring (bicyclic) bond motifs is 4. The Labute approximate surface area is 239 Å². The van der Waals surface area contributed by atoms with Crippen molar-refractivity contribution < 1.29 is 19.4 Å². The Balaban J connectivity index is 1.49. The largest absolute Gasteiger partial charge is 0.384 e. The van der Waals surface area contributed by atoms with Crippen LogP contribution in [0, 0.1) is 40.4 Å². The highest BCUT2D eigenvalue weighted by molar-refractivity contribution is 5.93. The van der Waals surface area contributed by atoms with Crippen molar-refractivity contribution in [2.24, 2.45) is 28.6 Å². The highest BCUT2D eigenvalue weighted by Crippen LogP contribution is 2.70. The Morgan fingerprint density at radius 2 is 1.93 bits per heavy atom. The molecule has 0 bridgehead atoms. The van der Waals surface area contributed by atoms with Crippen LogP contribution in [-0.2, 0) is 14.3 Å². The van der Waals surface area contributed by atoms with Crippen LogP contribution in [0.5, 0.6) is 0 Å². The number of carbonyl (C=O) groups excluding carboxylic acids is 2. The fourth-order valence-electron chi connectivity index (χ4n) is 9.24. The number of hydrogen-bond donors (Lipinski definition) is 1. The van der Waals surface area contributed by atoms with Gasteiger partial charge in [-0.05, 0) is 90.2 Å². The molecule has 0 amide bonds. The van der Waals surface area contributed by atoms with E-state index in [1.54, 1.807) is 0 Å². The van der Waals surface area contributed by atoms with Gasteiger partial charge < -0.3 is 14.7 Å². The van der Waals surface area contributed by atoms with E-state index in [1.165, 1.54) is 28.0 Å². The maximum absolute atomic E-state index is 13.8. The van der Waals surface area contributed by atoms with Gasteiger partial charge in [-0.25, -0.2) is 0 Å². The number of carbonyl (C=O) groups is 2. The van der Waals surface area contributed by atoms with Crippen LogP contribution in [-0.4, -0.2) is 49.6 Å². The number of anilines is 1. The van der Waals surface area contributed by atoms with Crippen LogP contribution in [0.3, 0.4) is 0 Å². The second-order valence-electron chi connectivity index (χ2n) is 12.9. The van der Waals surface area contributed by atoms with Crippen LogP contribution >= 0.6 is 0 Å². The third kappa shape index (κ3) is 4.22. The zero-order valence-electron chi connectivity index (χ0n) is 24.3. The van der Waals surface area contributed by atoms with Gasteiger partial charge in [0.15, 0.2) is 11.6 Å². The molecule has 5 aliphatic rings. The highest BCUT2D eigenvalue weighted by atomic mass is 16.5. The van der Waals surface area contributed by atoms with Crippen molar-refractivity contribution in [2.45, 2.75) is 71.6 Å². The van der Waals surface area contributed by atoms with Gasteiger partial charge in [0.2, 0.25) is 0 Å². The lowest BCUT2D eigenvalue weighted by Crippen LogP contribution is -2.51. The Bertz CT molecular complexity index is 1310. The van der Waals surface area contributed by atoms with E-state index >= 15 is 0 Å². The molecule has 5 heteroatoms. The minimum absolute atomic E-state index is 0.183. The Kier molecular flexibility index (Phi) is 7.30. The summed E-state index contributed by atoms with van der Waals surface area (Å²) in [7, 11) is 0. The molecule has 3 fully saturated rings. The number of Topliss-reactive ketones (excluding diaryl/α,β-unsaturated/α-hetero) is 1. The molecule has 1 N–H and O–H groups in total. The maximum atomic E-state index is 13.8. The van der Waals surface area contributed by atoms with E-state index in [4.69, 9.17) is 4.74 Å². The van der Waals surface area contributed by atoms with Gasteiger partial charge in [-0.1, -0.05) is 50.3 Å². The molecule has 2 saturated carbocycles. The molecule has 1 saturated heterocycles.